The molecule has 11 heavy (non-hydrogen) atoms. The molecule has 0 aromatic heterocycles. The summed E-state index contributed by atoms with van der Waals surface area (Å²) in [5.74, 6) is -0.206. The van der Waals surface area contributed by atoms with E-state index in [9.17, 15) is 4.79 Å². The number of piperidine rings is 1. The maximum atomic E-state index is 10.8. The summed E-state index contributed by atoms with van der Waals surface area (Å²) in [5.41, 5.74) is 0. The SMILES string of the molecule is CN1C2CC[C@@H](C2)C1C(=O)O. The van der Waals surface area contributed by atoms with Crippen molar-refractivity contribution in [2.24, 2.45) is 5.92 Å². The molecule has 3 atom stereocenters. The van der Waals surface area contributed by atoms with Crippen LogP contribution in [0.5, 0.6) is 0 Å². The average Bonchev–Trinajstić information content (AvgIpc) is 2.44. The van der Waals surface area contributed by atoms with E-state index in [4.69, 9.17) is 5.11 Å². The second kappa shape index (κ2) is 2.21. The molecule has 1 heterocycles. The highest BCUT2D eigenvalue weighted by atomic mass is 16.4. The zero-order valence-corrected chi connectivity index (χ0v) is 6.66. The first-order valence-electron chi connectivity index (χ1n) is 4.15. The molecule has 0 aromatic carbocycles. The van der Waals surface area contributed by atoms with Gasteiger partial charge in [-0.05, 0) is 32.2 Å². The van der Waals surface area contributed by atoms with Crippen molar-refractivity contribution in [1.29, 1.82) is 0 Å². The lowest BCUT2D eigenvalue weighted by atomic mass is 9.99. The number of fused-ring (bicyclic) bond motifs is 2. The fraction of sp³-hybridized carbons (Fsp3) is 0.875. The Morgan fingerprint density at radius 3 is 2.64 bits per heavy atom. The van der Waals surface area contributed by atoms with Gasteiger partial charge in [-0.3, -0.25) is 9.69 Å². The van der Waals surface area contributed by atoms with Gasteiger partial charge in [0.05, 0.1) is 0 Å². The summed E-state index contributed by atoms with van der Waals surface area (Å²) in [6.07, 6.45) is 3.42. The first-order valence-corrected chi connectivity index (χ1v) is 4.15. The molecule has 62 valence electrons. The number of aliphatic carboxylic acids is 1. The van der Waals surface area contributed by atoms with Crippen molar-refractivity contribution in [3.8, 4) is 0 Å². The highest BCUT2D eigenvalue weighted by Crippen LogP contribution is 2.41. The van der Waals surface area contributed by atoms with Gasteiger partial charge in [-0.2, -0.15) is 0 Å². The molecule has 0 spiro atoms. The molecule has 0 amide bonds. The van der Waals surface area contributed by atoms with Crippen molar-refractivity contribution in [2.45, 2.75) is 31.3 Å². The van der Waals surface area contributed by atoms with Gasteiger partial charge in [0.15, 0.2) is 0 Å². The van der Waals surface area contributed by atoms with Crippen molar-refractivity contribution < 1.29 is 9.90 Å². The summed E-state index contributed by atoms with van der Waals surface area (Å²) in [4.78, 5) is 12.8. The molecular weight excluding hydrogens is 142 g/mol. The first-order chi connectivity index (χ1) is 5.20. The third kappa shape index (κ3) is 0.872. The third-order valence-electron chi connectivity index (χ3n) is 3.16. The minimum Gasteiger partial charge on any atom is -0.480 e. The molecule has 0 aromatic rings. The van der Waals surface area contributed by atoms with Crippen LogP contribution in [0, 0.1) is 5.92 Å². The standard InChI is InChI=1S/C8H13NO2/c1-9-6-3-2-5(4-6)7(9)8(10)11/h5-7H,2-4H2,1H3,(H,10,11)/t5-,6?,7?/m0/s1. The highest BCUT2D eigenvalue weighted by Gasteiger charge is 2.47. The Hall–Kier alpha value is -0.570. The predicted molar refractivity (Wildman–Crippen MR) is 40.3 cm³/mol. The molecule has 2 aliphatic rings. The highest BCUT2D eigenvalue weighted by molar-refractivity contribution is 5.74. The Balaban J connectivity index is 2.17. The van der Waals surface area contributed by atoms with Crippen molar-refractivity contribution in [3.05, 3.63) is 0 Å². The lowest BCUT2D eigenvalue weighted by Gasteiger charge is -2.28. The summed E-state index contributed by atoms with van der Waals surface area (Å²) in [6.45, 7) is 0. The maximum Gasteiger partial charge on any atom is 0.321 e. The monoisotopic (exact) mass is 155 g/mol. The number of rotatable bonds is 1. The number of nitrogens with zero attached hydrogens (tertiary/aromatic N) is 1. The van der Waals surface area contributed by atoms with Crippen LogP contribution in [0.4, 0.5) is 0 Å². The number of likely N-dealkylation sites (tertiary alicyclic amines) is 1. The van der Waals surface area contributed by atoms with Crippen molar-refractivity contribution >= 4 is 5.97 Å². The summed E-state index contributed by atoms with van der Waals surface area (Å²) in [7, 11) is 1.93. The second-order valence-electron chi connectivity index (χ2n) is 3.68. The van der Waals surface area contributed by atoms with Gasteiger partial charge in [-0.1, -0.05) is 0 Å². The van der Waals surface area contributed by atoms with E-state index in [1.807, 2.05) is 11.9 Å². The van der Waals surface area contributed by atoms with Crippen LogP contribution < -0.4 is 0 Å². The fourth-order valence-corrected chi connectivity index (χ4v) is 2.58. The number of carboxylic acids is 1. The summed E-state index contributed by atoms with van der Waals surface area (Å²) >= 11 is 0. The third-order valence-corrected chi connectivity index (χ3v) is 3.16. The van der Waals surface area contributed by atoms with Gasteiger partial charge in [-0.25, -0.2) is 0 Å². The number of hydrogen-bond acceptors (Lipinski definition) is 2. The lowest BCUT2D eigenvalue weighted by Crippen LogP contribution is -2.42. The number of carbonyl (C=O) groups is 1. The van der Waals surface area contributed by atoms with Gasteiger partial charge in [0, 0.05) is 6.04 Å². The number of carboxylic acid groups (broad SMARTS) is 1. The van der Waals surface area contributed by atoms with Crippen LogP contribution >= 0.6 is 0 Å². The normalized spacial score (nSPS) is 43.2. The predicted octanol–water partition coefficient (Wildman–Crippen LogP) is 0.554. The molecule has 1 saturated carbocycles. The Labute approximate surface area is 66.0 Å². The molecule has 1 aliphatic carbocycles. The van der Waals surface area contributed by atoms with Crippen LogP contribution in [0.25, 0.3) is 0 Å². The van der Waals surface area contributed by atoms with E-state index in [1.165, 1.54) is 6.42 Å². The largest absolute Gasteiger partial charge is 0.480 e. The quantitative estimate of drug-likeness (QED) is 0.601. The van der Waals surface area contributed by atoms with E-state index >= 15 is 0 Å². The maximum absolute atomic E-state index is 10.8. The Morgan fingerprint density at radius 1 is 1.55 bits per heavy atom. The molecular formula is C8H13NO2. The van der Waals surface area contributed by atoms with Gasteiger partial charge in [0.2, 0.25) is 0 Å². The van der Waals surface area contributed by atoms with Crippen LogP contribution in [0.15, 0.2) is 0 Å². The zero-order chi connectivity index (χ0) is 8.01. The van der Waals surface area contributed by atoms with E-state index in [2.05, 4.69) is 0 Å². The first kappa shape index (κ1) is 7.10. The Bertz CT molecular complexity index is 191. The van der Waals surface area contributed by atoms with E-state index in [0.717, 1.165) is 12.8 Å². The minimum absolute atomic E-state index is 0.186. The molecule has 3 nitrogen and oxygen atoms in total. The van der Waals surface area contributed by atoms with E-state index in [-0.39, 0.29) is 6.04 Å². The smallest absolute Gasteiger partial charge is 0.321 e. The Kier molecular flexibility index (Phi) is 1.42. The molecule has 1 saturated heterocycles. The van der Waals surface area contributed by atoms with E-state index in [1.54, 1.807) is 0 Å². The average molecular weight is 155 g/mol. The van der Waals surface area contributed by atoms with Crippen LogP contribution in [-0.2, 0) is 4.79 Å². The lowest BCUT2D eigenvalue weighted by molar-refractivity contribution is -0.144. The molecule has 3 heteroatoms. The van der Waals surface area contributed by atoms with Crippen LogP contribution in [0.2, 0.25) is 0 Å². The fourth-order valence-electron chi connectivity index (χ4n) is 2.58. The minimum atomic E-state index is -0.639. The van der Waals surface area contributed by atoms with E-state index in [0.29, 0.717) is 12.0 Å². The Morgan fingerprint density at radius 2 is 2.27 bits per heavy atom. The van der Waals surface area contributed by atoms with Crippen LogP contribution in [0.3, 0.4) is 0 Å². The van der Waals surface area contributed by atoms with Gasteiger partial charge >= 0.3 is 5.97 Å². The van der Waals surface area contributed by atoms with Gasteiger partial charge in [-0.15, -0.1) is 0 Å². The van der Waals surface area contributed by atoms with Crippen LogP contribution in [-0.4, -0.2) is 35.1 Å². The van der Waals surface area contributed by atoms with Gasteiger partial charge < -0.3 is 5.11 Å². The molecule has 0 radical (unpaired) electrons. The molecule has 1 N–H and O–H groups in total. The molecule has 2 fully saturated rings. The molecule has 2 bridgehead atoms. The van der Waals surface area contributed by atoms with Crippen LogP contribution in [0.1, 0.15) is 19.3 Å². The van der Waals surface area contributed by atoms with Gasteiger partial charge in [0.25, 0.3) is 0 Å². The van der Waals surface area contributed by atoms with Crippen molar-refractivity contribution in [2.75, 3.05) is 7.05 Å². The van der Waals surface area contributed by atoms with Gasteiger partial charge in [0.1, 0.15) is 6.04 Å². The molecule has 2 rings (SSSR count). The number of likely N-dealkylation sites (N-methyl/N-ethyl adjacent to an activating group) is 1. The second-order valence-corrected chi connectivity index (χ2v) is 3.68. The topological polar surface area (TPSA) is 40.5 Å². The number of hydrogen-bond donors (Lipinski definition) is 1. The zero-order valence-electron chi connectivity index (χ0n) is 6.66. The van der Waals surface area contributed by atoms with Crippen molar-refractivity contribution in [1.82, 2.24) is 4.90 Å². The molecule has 1 aliphatic heterocycles. The summed E-state index contributed by atoms with van der Waals surface area (Å²) in [6, 6.07) is 0.370. The summed E-state index contributed by atoms with van der Waals surface area (Å²) in [5, 5.41) is 8.86. The van der Waals surface area contributed by atoms with Crippen molar-refractivity contribution in [3.63, 3.8) is 0 Å². The van der Waals surface area contributed by atoms with E-state index < -0.39 is 5.97 Å². The summed E-state index contributed by atoms with van der Waals surface area (Å²) < 4.78 is 0. The molecule has 2 unspecified atom stereocenters.